The van der Waals surface area contributed by atoms with Crippen LogP contribution in [-0.4, -0.2) is 41.5 Å². The number of aliphatic carboxylic acids is 2. The zero-order valence-corrected chi connectivity index (χ0v) is 16.2. The Morgan fingerprint density at radius 2 is 1.66 bits per heavy atom. The summed E-state index contributed by atoms with van der Waals surface area (Å²) in [5, 5.41) is 18.8. The molecule has 0 bridgehead atoms. The van der Waals surface area contributed by atoms with Crippen LogP contribution in [-0.2, 0) is 16.1 Å². The summed E-state index contributed by atoms with van der Waals surface area (Å²) in [5.74, 6) is -1.75. The van der Waals surface area contributed by atoms with Crippen molar-refractivity contribution in [1.29, 1.82) is 0 Å². The van der Waals surface area contributed by atoms with E-state index in [0.29, 0.717) is 13.1 Å². The molecule has 29 heavy (non-hydrogen) atoms. The highest BCUT2D eigenvalue weighted by Crippen LogP contribution is 2.26. The van der Waals surface area contributed by atoms with Crippen molar-refractivity contribution in [1.82, 2.24) is 5.32 Å². The molecule has 0 heterocycles. The third-order valence-corrected chi connectivity index (χ3v) is 4.53. The van der Waals surface area contributed by atoms with E-state index >= 15 is 0 Å². The molecule has 2 rings (SSSR count). The van der Waals surface area contributed by atoms with Gasteiger partial charge in [-0.1, -0.05) is 44.2 Å². The lowest BCUT2D eigenvalue weighted by atomic mass is 9.87. The minimum Gasteiger partial charge on any atom is -0.494 e. The number of hydrogen-bond acceptors (Lipinski definition) is 4. The summed E-state index contributed by atoms with van der Waals surface area (Å²) in [5.41, 5.74) is 1.14. The second-order valence-corrected chi connectivity index (χ2v) is 6.91. The highest BCUT2D eigenvalue weighted by atomic mass is 19.4. The van der Waals surface area contributed by atoms with Gasteiger partial charge in [-0.3, -0.25) is 4.79 Å². The van der Waals surface area contributed by atoms with Crippen LogP contribution < -0.4 is 10.1 Å². The smallest absolute Gasteiger partial charge is 0.490 e. The fraction of sp³-hybridized carbons (Fsp3) is 0.600. The molecule has 1 aliphatic rings. The molecule has 1 aliphatic carbocycles. The van der Waals surface area contributed by atoms with Gasteiger partial charge in [0.15, 0.2) is 0 Å². The Balaban J connectivity index is 0.000000516. The predicted octanol–water partition coefficient (Wildman–Crippen LogP) is 4.23. The van der Waals surface area contributed by atoms with Crippen molar-refractivity contribution in [2.24, 2.45) is 5.92 Å². The number of ether oxygens (including phenoxy) is 1. The quantitative estimate of drug-likeness (QED) is 0.519. The lowest BCUT2D eigenvalue weighted by Gasteiger charge is -2.21. The number of alkyl halides is 3. The molecule has 0 saturated heterocycles. The second-order valence-electron chi connectivity index (χ2n) is 6.91. The Morgan fingerprint density at radius 3 is 2.17 bits per heavy atom. The van der Waals surface area contributed by atoms with Crippen LogP contribution in [0, 0.1) is 5.92 Å². The van der Waals surface area contributed by atoms with Gasteiger partial charge in [-0.05, 0) is 30.0 Å². The summed E-state index contributed by atoms with van der Waals surface area (Å²) in [6.45, 7) is 1.99. The minimum atomic E-state index is -5.08. The molecule has 164 valence electrons. The molecule has 0 aromatic heterocycles. The maximum absolute atomic E-state index is 10.6. The molecular weight excluding hydrogens is 391 g/mol. The van der Waals surface area contributed by atoms with Crippen molar-refractivity contribution in [2.45, 2.75) is 57.7 Å². The van der Waals surface area contributed by atoms with E-state index in [1.54, 1.807) is 0 Å². The summed E-state index contributed by atoms with van der Waals surface area (Å²) in [4.78, 5) is 19.3. The maximum Gasteiger partial charge on any atom is 0.490 e. The first-order chi connectivity index (χ1) is 13.7. The van der Waals surface area contributed by atoms with E-state index < -0.39 is 18.1 Å². The zero-order valence-electron chi connectivity index (χ0n) is 16.2. The zero-order chi connectivity index (χ0) is 21.7. The van der Waals surface area contributed by atoms with Crippen LogP contribution in [0.1, 0.15) is 50.5 Å². The van der Waals surface area contributed by atoms with Crippen molar-refractivity contribution in [2.75, 3.05) is 13.2 Å². The number of nitrogens with one attached hydrogen (secondary N) is 1. The molecule has 1 fully saturated rings. The minimum absolute atomic E-state index is 0.155. The maximum atomic E-state index is 10.6. The van der Waals surface area contributed by atoms with E-state index in [4.69, 9.17) is 19.7 Å². The third-order valence-electron chi connectivity index (χ3n) is 4.53. The van der Waals surface area contributed by atoms with E-state index in [1.807, 2.05) is 24.3 Å². The molecular formula is C20H28F3NO5. The topological polar surface area (TPSA) is 95.9 Å². The first kappa shape index (κ1) is 24.7. The highest BCUT2D eigenvalue weighted by molar-refractivity contribution is 5.73. The number of halogens is 3. The molecule has 0 spiro atoms. The van der Waals surface area contributed by atoms with Crippen LogP contribution in [0.15, 0.2) is 24.3 Å². The van der Waals surface area contributed by atoms with Crippen molar-refractivity contribution >= 4 is 11.9 Å². The van der Waals surface area contributed by atoms with Crippen molar-refractivity contribution in [3.63, 3.8) is 0 Å². The third kappa shape index (κ3) is 12.0. The van der Waals surface area contributed by atoms with Crippen molar-refractivity contribution in [3.8, 4) is 5.75 Å². The average molecular weight is 419 g/mol. The Labute approximate surface area is 168 Å². The Hall–Kier alpha value is -2.29. The van der Waals surface area contributed by atoms with E-state index in [-0.39, 0.29) is 6.42 Å². The van der Waals surface area contributed by atoms with Gasteiger partial charge >= 0.3 is 18.1 Å². The van der Waals surface area contributed by atoms with Gasteiger partial charge < -0.3 is 20.3 Å². The largest absolute Gasteiger partial charge is 0.494 e. The number of benzene rings is 1. The fourth-order valence-electron chi connectivity index (χ4n) is 2.95. The Morgan fingerprint density at radius 1 is 1.07 bits per heavy atom. The van der Waals surface area contributed by atoms with Crippen LogP contribution in [0.4, 0.5) is 13.2 Å². The first-order valence-corrected chi connectivity index (χ1v) is 9.63. The first-order valence-electron chi connectivity index (χ1n) is 9.63. The van der Waals surface area contributed by atoms with E-state index in [9.17, 15) is 18.0 Å². The number of rotatable bonds is 9. The van der Waals surface area contributed by atoms with Crippen LogP contribution in [0.5, 0.6) is 5.75 Å². The number of hydrogen-bond donors (Lipinski definition) is 3. The summed E-state index contributed by atoms with van der Waals surface area (Å²) in [6, 6.07) is 8.05. The summed E-state index contributed by atoms with van der Waals surface area (Å²) >= 11 is 0. The Kier molecular flexibility index (Phi) is 11.1. The van der Waals surface area contributed by atoms with E-state index in [0.717, 1.165) is 23.8 Å². The van der Waals surface area contributed by atoms with Gasteiger partial charge in [0.25, 0.3) is 0 Å². The molecule has 0 aliphatic heterocycles. The molecule has 0 radical (unpaired) electrons. The van der Waals surface area contributed by atoms with E-state index in [2.05, 4.69) is 5.32 Å². The molecule has 0 atom stereocenters. The van der Waals surface area contributed by atoms with Crippen LogP contribution in [0.2, 0.25) is 0 Å². The summed E-state index contributed by atoms with van der Waals surface area (Å²) in [7, 11) is 0. The number of carboxylic acid groups (broad SMARTS) is 2. The van der Waals surface area contributed by atoms with Gasteiger partial charge in [0.1, 0.15) is 5.75 Å². The van der Waals surface area contributed by atoms with Gasteiger partial charge in [-0.25, -0.2) is 4.79 Å². The standard InChI is InChI=1S/C18H27NO3.C2HF3O2/c20-18(21)10-12-19-14-16-6-8-17(9-7-16)22-13-11-15-4-2-1-3-5-15;3-2(4,5)1(6)7/h6-9,15,19H,1-5,10-14H2,(H,20,21);(H,6,7). The summed E-state index contributed by atoms with van der Waals surface area (Å²) in [6.07, 6.45) is 3.14. The average Bonchev–Trinajstić information content (AvgIpc) is 2.67. The van der Waals surface area contributed by atoms with Crippen molar-refractivity contribution in [3.05, 3.63) is 29.8 Å². The molecule has 1 saturated carbocycles. The molecule has 9 heteroatoms. The fourth-order valence-corrected chi connectivity index (χ4v) is 2.95. The van der Waals surface area contributed by atoms with E-state index in [1.165, 1.54) is 38.5 Å². The Bertz CT molecular complexity index is 614. The predicted molar refractivity (Wildman–Crippen MR) is 101 cm³/mol. The van der Waals surface area contributed by atoms with Gasteiger partial charge in [-0.15, -0.1) is 0 Å². The normalized spacial score (nSPS) is 14.6. The number of carboxylic acids is 2. The van der Waals surface area contributed by atoms with Gasteiger partial charge in [0.05, 0.1) is 13.0 Å². The van der Waals surface area contributed by atoms with Gasteiger partial charge in [-0.2, -0.15) is 13.2 Å². The highest BCUT2D eigenvalue weighted by Gasteiger charge is 2.38. The van der Waals surface area contributed by atoms with Gasteiger partial charge in [0.2, 0.25) is 0 Å². The van der Waals surface area contributed by atoms with Crippen LogP contribution >= 0.6 is 0 Å². The van der Waals surface area contributed by atoms with Crippen molar-refractivity contribution < 1.29 is 37.7 Å². The molecule has 6 nitrogen and oxygen atoms in total. The SMILES string of the molecule is O=C(O)C(F)(F)F.O=C(O)CCNCc1ccc(OCCC2CCCCC2)cc1. The second kappa shape index (κ2) is 13.0. The van der Waals surface area contributed by atoms with Gasteiger partial charge in [0, 0.05) is 13.1 Å². The lowest BCUT2D eigenvalue weighted by Crippen LogP contribution is -2.21. The number of carbonyl (C=O) groups is 2. The van der Waals surface area contributed by atoms with Crippen LogP contribution in [0.3, 0.4) is 0 Å². The van der Waals surface area contributed by atoms with Crippen LogP contribution in [0.25, 0.3) is 0 Å². The summed E-state index contributed by atoms with van der Waals surface area (Å²) < 4.78 is 37.6. The molecule has 1 aromatic carbocycles. The molecule has 0 unspecified atom stereocenters. The molecule has 1 aromatic rings. The lowest BCUT2D eigenvalue weighted by molar-refractivity contribution is -0.192. The molecule has 3 N–H and O–H groups in total. The molecule has 0 amide bonds. The monoisotopic (exact) mass is 419 g/mol.